The van der Waals surface area contributed by atoms with Crippen molar-refractivity contribution >= 4 is 55.4 Å². The predicted octanol–water partition coefficient (Wildman–Crippen LogP) is 3.46. The number of carbonyl (C=O) groups excluding carboxylic acids is 3. The summed E-state index contributed by atoms with van der Waals surface area (Å²) in [4.78, 5) is 52.9. The van der Waals surface area contributed by atoms with Gasteiger partial charge in [0.25, 0.3) is 32.6 Å². The van der Waals surface area contributed by atoms with Crippen LogP contribution in [-0.4, -0.2) is 84.1 Å². The Bertz CT molecular complexity index is 2670. The maximum atomic E-state index is 12.8. The summed E-state index contributed by atoms with van der Waals surface area (Å²) in [6.07, 6.45) is 11.3. The molecule has 0 radical (unpaired) electrons. The van der Waals surface area contributed by atoms with Crippen molar-refractivity contribution in [3.8, 4) is 0 Å². The molecule has 19 nitrogen and oxygen atoms in total. The number of carboxylic acid groups (broad SMARTS) is 1. The van der Waals surface area contributed by atoms with E-state index >= 15 is 0 Å². The Morgan fingerprint density at radius 1 is 0.667 bits per heavy atom. The van der Waals surface area contributed by atoms with E-state index < -0.39 is 54.0 Å². The van der Waals surface area contributed by atoms with Crippen molar-refractivity contribution in [2.45, 2.75) is 87.1 Å². The van der Waals surface area contributed by atoms with Crippen molar-refractivity contribution in [2.75, 3.05) is 24.3 Å². The summed E-state index contributed by atoms with van der Waals surface area (Å²) < 4.78 is 56.4. The molecule has 5 amide bonds. The number of hydrogen-bond donors (Lipinski definition) is 5. The number of anilines is 2. The minimum atomic E-state index is -4.31. The highest BCUT2D eigenvalue weighted by Crippen LogP contribution is 2.40. The van der Waals surface area contributed by atoms with Gasteiger partial charge in [-0.05, 0) is 122 Å². The number of hydrogen-bond acceptors (Lipinski definition) is 10. The SMILES string of the molecule is Cn1nc(S(=O)(=O)NC(=O)Nc2c3c(cc4c2CCC4)CCC3)cc1C(=O)O.[C-]#[N+]CN(C)C(=O)c1cc(S(=O)(=O)NC(=O)Nc2c3c(cc4c2CCC4)CCC3)nn1C. The maximum Gasteiger partial charge on any atom is 0.354 e. The number of nitrogens with one attached hydrogen (secondary N) is 4. The molecule has 21 heteroatoms. The molecule has 2 aromatic heterocycles. The summed E-state index contributed by atoms with van der Waals surface area (Å²) in [5, 5.41) is 21.2. The standard InChI is InChI=1S/C21H24N6O4S.C18H20N4O5S/c1-22-12-26(2)20(28)17-11-18(24-27(17)3)32(30,31)25-21(29)23-19-15-8-4-6-13(15)10-14-7-5-9-16(14)19;1-22-14(17(23)24)9-15(20-22)28(26,27)21-18(25)19-16-12-6-2-4-10(12)8-11-5-3-7-13(11)16/h10-11H,4-9,12H2,2-3H3,(H2,23,25,29);8-9H,2-7H2,1H3,(H,23,24)(H2,19,21,25). The number of carbonyl (C=O) groups is 4. The van der Waals surface area contributed by atoms with E-state index in [1.54, 1.807) is 0 Å². The van der Waals surface area contributed by atoms with Crippen molar-refractivity contribution in [3.05, 3.63) is 91.6 Å². The van der Waals surface area contributed by atoms with Crippen LogP contribution in [0.3, 0.4) is 0 Å². The number of aromatic carboxylic acids is 1. The van der Waals surface area contributed by atoms with Gasteiger partial charge in [0, 0.05) is 44.7 Å². The zero-order valence-corrected chi connectivity index (χ0v) is 34.8. The average molecular weight is 861 g/mol. The number of urea groups is 2. The molecule has 0 unspecified atom stereocenters. The van der Waals surface area contributed by atoms with Gasteiger partial charge in [-0.2, -0.15) is 27.0 Å². The fraction of sp³-hybridized carbons (Fsp3) is 0.410. The van der Waals surface area contributed by atoms with Gasteiger partial charge in [-0.3, -0.25) is 23.9 Å². The van der Waals surface area contributed by atoms with Crippen LogP contribution in [-0.2, 0) is 85.5 Å². The van der Waals surface area contributed by atoms with E-state index in [4.69, 9.17) is 11.7 Å². The molecule has 0 saturated carbocycles. The lowest BCUT2D eigenvalue weighted by molar-refractivity contribution is 0.0684. The van der Waals surface area contributed by atoms with Gasteiger partial charge in [0.1, 0.15) is 11.4 Å². The van der Waals surface area contributed by atoms with Crippen LogP contribution in [0.4, 0.5) is 21.0 Å². The summed E-state index contributed by atoms with van der Waals surface area (Å²) in [5.41, 5.74) is 10.4. The van der Waals surface area contributed by atoms with Gasteiger partial charge in [0.05, 0.1) is 0 Å². The molecule has 0 saturated heterocycles. The summed E-state index contributed by atoms with van der Waals surface area (Å²) in [6.45, 7) is 6.70. The second-order valence-corrected chi connectivity index (χ2v) is 18.4. The highest BCUT2D eigenvalue weighted by molar-refractivity contribution is 7.90. The first-order valence-corrected chi connectivity index (χ1v) is 22.3. The molecule has 4 aliphatic rings. The lowest BCUT2D eigenvalue weighted by Gasteiger charge is -2.16. The number of rotatable bonds is 9. The normalized spacial score (nSPS) is 14.8. The van der Waals surface area contributed by atoms with E-state index in [-0.39, 0.29) is 18.1 Å². The molecule has 2 heterocycles. The third-order valence-corrected chi connectivity index (χ3v) is 13.6. The molecule has 0 fully saturated rings. The van der Waals surface area contributed by atoms with E-state index in [0.717, 1.165) is 137 Å². The van der Waals surface area contributed by atoms with Crippen LogP contribution in [0.25, 0.3) is 4.85 Å². The second-order valence-electron chi connectivity index (χ2n) is 15.2. The van der Waals surface area contributed by atoms with Crippen LogP contribution in [0, 0.1) is 6.57 Å². The highest BCUT2D eigenvalue weighted by atomic mass is 32.2. The number of aromatic nitrogens is 4. The van der Waals surface area contributed by atoms with E-state index in [1.165, 1.54) is 43.4 Å². The fourth-order valence-corrected chi connectivity index (χ4v) is 10.3. The Morgan fingerprint density at radius 2 is 1.03 bits per heavy atom. The van der Waals surface area contributed by atoms with Crippen LogP contribution >= 0.6 is 0 Å². The molecule has 2 aromatic carbocycles. The summed E-state index contributed by atoms with van der Waals surface area (Å²) in [6, 6.07) is 4.71. The van der Waals surface area contributed by atoms with Crippen LogP contribution in [0.15, 0.2) is 34.3 Å². The largest absolute Gasteiger partial charge is 0.477 e. The quantitative estimate of drug-likeness (QED) is 0.153. The van der Waals surface area contributed by atoms with Crippen LogP contribution in [0.2, 0.25) is 0 Å². The molecule has 5 N–H and O–H groups in total. The summed E-state index contributed by atoms with van der Waals surface area (Å²) in [5.74, 6) is -1.85. The van der Waals surface area contributed by atoms with E-state index in [1.807, 2.05) is 9.44 Å². The Morgan fingerprint density at radius 3 is 1.38 bits per heavy atom. The summed E-state index contributed by atoms with van der Waals surface area (Å²) >= 11 is 0. The molecule has 0 bridgehead atoms. The first-order valence-electron chi connectivity index (χ1n) is 19.4. The van der Waals surface area contributed by atoms with E-state index in [9.17, 15) is 36.0 Å². The van der Waals surface area contributed by atoms with Crippen molar-refractivity contribution in [1.82, 2.24) is 33.9 Å². The molecule has 0 aliphatic heterocycles. The second kappa shape index (κ2) is 16.4. The van der Waals surface area contributed by atoms with Gasteiger partial charge in [0.2, 0.25) is 0 Å². The Balaban J connectivity index is 0.000000183. The van der Waals surface area contributed by atoms with Crippen molar-refractivity contribution in [1.29, 1.82) is 0 Å². The number of benzene rings is 2. The lowest BCUT2D eigenvalue weighted by atomic mass is 9.99. The Kier molecular flexibility index (Phi) is 11.5. The van der Waals surface area contributed by atoms with Crippen LogP contribution in [0.5, 0.6) is 0 Å². The third-order valence-electron chi connectivity index (χ3n) is 11.2. The van der Waals surface area contributed by atoms with Gasteiger partial charge >= 0.3 is 18.0 Å². The number of aryl methyl sites for hydroxylation is 6. The van der Waals surface area contributed by atoms with Crippen molar-refractivity contribution in [3.63, 3.8) is 0 Å². The Labute approximate surface area is 346 Å². The van der Waals surface area contributed by atoms with Gasteiger partial charge in [-0.1, -0.05) is 12.1 Å². The predicted molar refractivity (Wildman–Crippen MR) is 217 cm³/mol. The zero-order valence-electron chi connectivity index (χ0n) is 33.2. The lowest BCUT2D eigenvalue weighted by Crippen LogP contribution is -2.35. The molecule has 60 heavy (non-hydrogen) atoms. The minimum Gasteiger partial charge on any atom is -0.477 e. The van der Waals surface area contributed by atoms with Crippen molar-refractivity contribution < 1.29 is 41.1 Å². The summed E-state index contributed by atoms with van der Waals surface area (Å²) in [7, 11) is -4.43. The van der Waals surface area contributed by atoms with E-state index in [2.05, 4.69) is 37.8 Å². The molecule has 4 aromatic rings. The molecule has 0 atom stereocenters. The number of sulfonamides is 2. The molecular formula is C39H44N10O9S2. The minimum absolute atomic E-state index is 0.00404. The topological polar surface area (TPSA) is 248 Å². The van der Waals surface area contributed by atoms with Gasteiger partial charge in [0.15, 0.2) is 10.1 Å². The van der Waals surface area contributed by atoms with Crippen LogP contribution in [0.1, 0.15) is 91.2 Å². The molecular weight excluding hydrogens is 817 g/mol. The van der Waals surface area contributed by atoms with Gasteiger partial charge < -0.3 is 15.7 Å². The van der Waals surface area contributed by atoms with Gasteiger partial charge in [-0.15, -0.1) is 0 Å². The maximum absolute atomic E-state index is 12.8. The molecule has 8 rings (SSSR count). The highest BCUT2D eigenvalue weighted by Gasteiger charge is 2.31. The van der Waals surface area contributed by atoms with Crippen molar-refractivity contribution in [2.24, 2.45) is 14.1 Å². The number of nitrogens with zero attached hydrogens (tertiary/aromatic N) is 6. The first-order chi connectivity index (χ1) is 28.5. The molecule has 316 valence electrons. The smallest absolute Gasteiger partial charge is 0.354 e. The molecule has 0 spiro atoms. The van der Waals surface area contributed by atoms with Crippen LogP contribution < -0.4 is 20.1 Å². The third kappa shape index (κ3) is 8.29. The molecule has 4 aliphatic carbocycles. The fourth-order valence-electron chi connectivity index (χ4n) is 8.47. The first kappa shape index (κ1) is 41.9. The Hall–Kier alpha value is -6.27. The van der Waals surface area contributed by atoms with E-state index in [0.29, 0.717) is 0 Å². The monoisotopic (exact) mass is 860 g/mol. The average Bonchev–Trinajstić information content (AvgIpc) is 4.03. The number of fused-ring (bicyclic) bond motifs is 4. The number of carboxylic acids is 1. The number of amides is 5. The zero-order chi connectivity index (χ0) is 43.1. The van der Waals surface area contributed by atoms with Gasteiger partial charge in [-0.25, -0.2) is 30.4 Å².